The molecule has 0 spiro atoms. The van der Waals surface area contributed by atoms with Gasteiger partial charge in [0, 0.05) is 103 Å². The lowest BCUT2D eigenvalue weighted by Gasteiger charge is -2.48. The van der Waals surface area contributed by atoms with Gasteiger partial charge >= 0.3 is 0 Å². The second-order valence-corrected chi connectivity index (χ2v) is 36.1. The maximum absolute atomic E-state index is 17.2. The second kappa shape index (κ2) is 9.78. The van der Waals surface area contributed by atoms with Crippen molar-refractivity contribution in [2.45, 2.75) is 99.8 Å². The number of ether oxygens (including phenoxy) is 4. The molecular formula is C78H36O10Si. The quantitative estimate of drug-likeness (QED) is 0.0650. The highest BCUT2D eigenvalue weighted by Crippen LogP contribution is 2.88. The molecule has 7 aliphatic carbocycles. The monoisotopic (exact) mass is 1160 g/mol. The number of hydrogen-bond acceptors (Lipinski definition) is 10. The third-order valence-corrected chi connectivity index (χ3v) is 29.8. The van der Waals surface area contributed by atoms with Crippen LogP contribution in [0, 0.1) is 0 Å². The number of hydrogen-bond donors (Lipinski definition) is 1. The molecule has 4 unspecified atom stereocenters. The zero-order valence-electron chi connectivity index (χ0n) is 49.0. The molecule has 0 radical (unpaired) electrons. The lowest BCUT2D eigenvalue weighted by atomic mass is 9.63. The zero-order chi connectivity index (χ0) is 57.2. The fourth-order valence-electron chi connectivity index (χ4n) is 26.2. The maximum Gasteiger partial charge on any atom is 0.265 e. The predicted octanol–water partition coefficient (Wildman–Crippen LogP) is 16.6. The molecule has 11 aliphatic rings. The standard InChI is InChI=1S/C78H36O10Si/c1-71(2,3)84-86-73-57-47-37-27-22-17-18-20-21-19(17)24-30-28(22)38(37)48-50-40(30)44-34(24)36-26(21)32-31-25(20)35-33-23(18)29(27)39-43(33)53-55-45(35)41(31)51-52-42(32)46(36)56-54(44)64-60(50)74(58(48)57,87-85-72(4,5)6)68-67(73)69-76(88-89(9,10)16-14-12-11-13-15-16)70(68)83-78(64,81-8)66(56)62(52)75(76,79)61(51)65(55)77(80-7,82-69)63(53)59(73)49(39)47/h11-15,79H,1-10H3. The van der Waals surface area contributed by atoms with Crippen molar-refractivity contribution in [1.82, 2.24) is 0 Å². The number of rotatable bonds is 9. The van der Waals surface area contributed by atoms with E-state index in [1.807, 2.05) is 14.2 Å². The molecule has 22 aromatic carbocycles. The fourth-order valence-corrected chi connectivity index (χ4v) is 28.4. The SMILES string of the molecule is COC12OC3=C4C5=C6OC7(OC)c8c9c%10c%11c(c%12c%13c%14c(c1c1c%15c2c2c%16c%17c(c7c7c8c8c%10c%10c%18c%11c%13c%11c%13c%14c1c1c%14c%15c%16c%15c%16c%17c7c7c8c%10c8c(c%11%18)c(c1%13)c(c%14%15)c8c7%16)C2(O)C36O[Si](C)(C)c1ccccc1)C4%12OOC(C)(C)C)C59OOC(C)(C)C. The molecule has 412 valence electrons. The van der Waals surface area contributed by atoms with Crippen molar-refractivity contribution >= 4 is 229 Å². The van der Waals surface area contributed by atoms with E-state index in [9.17, 15) is 0 Å². The summed E-state index contributed by atoms with van der Waals surface area (Å²) in [6.07, 6.45) is 0. The first kappa shape index (κ1) is 41.1. The third-order valence-electron chi connectivity index (χ3n) is 27.3. The van der Waals surface area contributed by atoms with Crippen molar-refractivity contribution in [3.8, 4) is 0 Å². The van der Waals surface area contributed by atoms with Gasteiger partial charge in [-0.3, -0.25) is 0 Å². The fraction of sp³-hybridized carbons (Fsp3) is 0.231. The van der Waals surface area contributed by atoms with Crippen LogP contribution in [0.3, 0.4) is 0 Å². The maximum atomic E-state index is 17.2. The molecule has 0 saturated heterocycles. The van der Waals surface area contributed by atoms with E-state index in [-0.39, 0.29) is 0 Å². The van der Waals surface area contributed by atoms with E-state index in [1.54, 1.807) is 0 Å². The lowest BCUT2D eigenvalue weighted by Crippen LogP contribution is -2.62. The molecule has 0 saturated carbocycles. The largest absolute Gasteiger partial charge is 0.454 e. The summed E-state index contributed by atoms with van der Waals surface area (Å²) in [5.74, 6) is -2.63. The third kappa shape index (κ3) is 2.64. The Morgan fingerprint density at radius 1 is 0.348 bits per heavy atom. The highest BCUT2D eigenvalue weighted by atomic mass is 28.4. The average molecular weight is 1160 g/mol. The van der Waals surface area contributed by atoms with Gasteiger partial charge in [0.1, 0.15) is 0 Å². The Bertz CT molecular complexity index is 7230. The Balaban J connectivity index is 1.05. The summed E-state index contributed by atoms with van der Waals surface area (Å²) >= 11 is 0. The van der Waals surface area contributed by atoms with Crippen LogP contribution >= 0.6 is 0 Å². The van der Waals surface area contributed by atoms with Crippen LogP contribution in [0.5, 0.6) is 0 Å². The van der Waals surface area contributed by atoms with Crippen molar-refractivity contribution in [2.75, 3.05) is 14.2 Å². The smallest absolute Gasteiger partial charge is 0.265 e. The van der Waals surface area contributed by atoms with Crippen LogP contribution in [-0.4, -0.2) is 44.4 Å². The van der Waals surface area contributed by atoms with E-state index in [4.69, 9.17) is 42.9 Å². The summed E-state index contributed by atoms with van der Waals surface area (Å²) in [4.78, 5) is 31.2. The van der Waals surface area contributed by atoms with Gasteiger partial charge in [-0.2, -0.15) is 0 Å². The molecule has 33 rings (SSSR count). The van der Waals surface area contributed by atoms with Gasteiger partial charge < -0.3 is 28.5 Å². The van der Waals surface area contributed by atoms with E-state index < -0.39 is 53.5 Å². The van der Waals surface area contributed by atoms with Crippen LogP contribution < -0.4 is 5.19 Å². The Hall–Kier alpha value is -8.30. The summed E-state index contributed by atoms with van der Waals surface area (Å²) in [5.41, 5.74) is 1.16. The minimum absolute atomic E-state index is 0.388. The van der Waals surface area contributed by atoms with E-state index >= 15 is 5.11 Å². The molecule has 4 heterocycles. The van der Waals surface area contributed by atoms with Crippen LogP contribution in [0.2, 0.25) is 13.1 Å². The van der Waals surface area contributed by atoms with Crippen LogP contribution in [0.15, 0.2) is 53.0 Å². The summed E-state index contributed by atoms with van der Waals surface area (Å²) in [7, 11) is 0.262. The molecule has 4 bridgehead atoms. The second-order valence-electron chi connectivity index (χ2n) is 32.3. The van der Waals surface area contributed by atoms with Crippen molar-refractivity contribution in [3.05, 3.63) is 109 Å². The Labute approximate surface area is 497 Å². The molecule has 0 fully saturated rings. The van der Waals surface area contributed by atoms with Crippen LogP contribution in [0.4, 0.5) is 0 Å². The predicted molar refractivity (Wildman–Crippen MR) is 345 cm³/mol. The van der Waals surface area contributed by atoms with Gasteiger partial charge in [-0.15, -0.1) is 0 Å². The number of methoxy groups -OCH3 is 2. The van der Waals surface area contributed by atoms with Crippen molar-refractivity contribution in [2.24, 2.45) is 0 Å². The number of benzene rings is 16. The van der Waals surface area contributed by atoms with E-state index in [0.717, 1.165) is 115 Å². The van der Waals surface area contributed by atoms with Crippen LogP contribution in [0.25, 0.3) is 215 Å². The summed E-state index contributed by atoms with van der Waals surface area (Å²) in [6, 6.07) is 10.7. The Kier molecular flexibility index (Phi) is 4.51. The van der Waals surface area contributed by atoms with Crippen LogP contribution in [-0.2, 0) is 71.3 Å². The Morgan fingerprint density at radius 3 is 0.876 bits per heavy atom. The molecule has 10 nitrogen and oxygen atoms in total. The molecular weight excluding hydrogens is 1120 g/mol. The molecule has 22 aromatic rings. The van der Waals surface area contributed by atoms with Gasteiger partial charge in [-0.1, -0.05) is 30.3 Å². The molecule has 0 aromatic heterocycles. The highest BCUT2D eigenvalue weighted by molar-refractivity contribution is 6.84. The van der Waals surface area contributed by atoms with Crippen molar-refractivity contribution in [3.63, 3.8) is 0 Å². The van der Waals surface area contributed by atoms with Gasteiger partial charge in [0.15, 0.2) is 28.3 Å². The summed E-state index contributed by atoms with van der Waals surface area (Å²) < 4.78 is 42.3. The zero-order valence-corrected chi connectivity index (χ0v) is 50.0. The first-order valence-corrected chi connectivity index (χ1v) is 34.9. The van der Waals surface area contributed by atoms with Gasteiger partial charge in [0.05, 0.1) is 11.2 Å². The van der Waals surface area contributed by atoms with E-state index in [0.29, 0.717) is 22.7 Å². The summed E-state index contributed by atoms with van der Waals surface area (Å²) in [6.45, 7) is 17.0. The van der Waals surface area contributed by atoms with Gasteiger partial charge in [-0.25, -0.2) is 19.6 Å². The first-order chi connectivity index (χ1) is 43.0. The lowest BCUT2D eigenvalue weighted by molar-refractivity contribution is -0.402. The van der Waals surface area contributed by atoms with Crippen molar-refractivity contribution in [1.29, 1.82) is 0 Å². The molecule has 11 heteroatoms. The molecule has 0 amide bonds. The van der Waals surface area contributed by atoms with E-state index in [1.165, 1.54) is 162 Å². The molecule has 1 N–H and O–H groups in total. The first-order valence-electron chi connectivity index (χ1n) is 32.0. The van der Waals surface area contributed by atoms with Gasteiger partial charge in [-0.05, 0) is 254 Å². The summed E-state index contributed by atoms with van der Waals surface area (Å²) in [5, 5.41) is 69.9. The Morgan fingerprint density at radius 2 is 0.596 bits per heavy atom. The minimum Gasteiger partial charge on any atom is -0.454 e. The van der Waals surface area contributed by atoms with E-state index in [2.05, 4.69) is 85.0 Å². The molecule has 4 atom stereocenters. The average Bonchev–Trinajstić information content (AvgIpc) is 1.38. The highest BCUT2D eigenvalue weighted by Gasteiger charge is 2.86. The topological polar surface area (TPSA) is 103 Å². The molecule has 89 heavy (non-hydrogen) atoms. The normalized spacial score (nSPS) is 28.6. The van der Waals surface area contributed by atoms with Gasteiger partial charge in [0.2, 0.25) is 13.9 Å². The number of aliphatic hydroxyl groups is 1. The van der Waals surface area contributed by atoms with Gasteiger partial charge in [0.25, 0.3) is 11.6 Å². The minimum atomic E-state index is -3.43. The van der Waals surface area contributed by atoms with Crippen molar-refractivity contribution < 1.29 is 48.0 Å². The van der Waals surface area contributed by atoms with Crippen LogP contribution in [0.1, 0.15) is 97.2 Å². The molecule has 4 aliphatic heterocycles.